The summed E-state index contributed by atoms with van der Waals surface area (Å²) < 4.78 is 0. The van der Waals surface area contributed by atoms with Gasteiger partial charge in [-0.05, 0) is 19.1 Å². The van der Waals surface area contributed by atoms with Crippen molar-refractivity contribution >= 4 is 5.91 Å². The van der Waals surface area contributed by atoms with Crippen LogP contribution in [0.2, 0.25) is 0 Å². The third kappa shape index (κ3) is 2.45. The predicted molar refractivity (Wildman–Crippen MR) is 43.7 cm³/mol. The topological polar surface area (TPSA) is 41.1 Å². The molecule has 1 rings (SSSR count). The summed E-state index contributed by atoms with van der Waals surface area (Å²) in [6, 6.07) is 0. The van der Waals surface area contributed by atoms with Gasteiger partial charge in [0.2, 0.25) is 5.91 Å². The van der Waals surface area contributed by atoms with Crippen LogP contribution in [0.25, 0.3) is 0 Å². The Kier molecular flexibility index (Phi) is 2.31. The lowest BCUT2D eigenvalue weighted by Gasteiger charge is -2.14. The fourth-order valence-electron chi connectivity index (χ4n) is 0.890. The van der Waals surface area contributed by atoms with Gasteiger partial charge in [-0.2, -0.15) is 0 Å². The number of amides is 1. The minimum atomic E-state index is -0.0222. The molecule has 0 atom stereocenters. The Labute approximate surface area is 66.2 Å². The van der Waals surface area contributed by atoms with E-state index in [1.54, 1.807) is 0 Å². The minimum absolute atomic E-state index is 0.0222. The Bertz CT molecular complexity index is 228. The SMILES string of the molecule is CC(=O)NC1=CC=C(C)NC1. The zero-order valence-electron chi connectivity index (χ0n) is 6.77. The van der Waals surface area contributed by atoms with Gasteiger partial charge >= 0.3 is 0 Å². The van der Waals surface area contributed by atoms with E-state index in [0.29, 0.717) is 6.54 Å². The van der Waals surface area contributed by atoms with Crippen molar-refractivity contribution < 1.29 is 4.79 Å². The van der Waals surface area contributed by atoms with Gasteiger partial charge in [0.1, 0.15) is 0 Å². The number of nitrogens with one attached hydrogen (secondary N) is 2. The molecular weight excluding hydrogens is 140 g/mol. The maximum absolute atomic E-state index is 10.6. The predicted octanol–water partition coefficient (Wildman–Crippen LogP) is 0.513. The molecule has 2 N–H and O–H groups in total. The average molecular weight is 152 g/mol. The Hall–Kier alpha value is -1.25. The molecule has 60 valence electrons. The maximum atomic E-state index is 10.6. The molecule has 0 radical (unpaired) electrons. The highest BCUT2D eigenvalue weighted by Gasteiger charge is 2.01. The number of rotatable bonds is 1. The summed E-state index contributed by atoms with van der Waals surface area (Å²) in [7, 11) is 0. The highest BCUT2D eigenvalue weighted by Crippen LogP contribution is 1.99. The van der Waals surface area contributed by atoms with E-state index in [9.17, 15) is 4.79 Å². The number of hydrogen-bond acceptors (Lipinski definition) is 2. The molecule has 0 aromatic carbocycles. The van der Waals surface area contributed by atoms with Gasteiger partial charge < -0.3 is 10.6 Å². The van der Waals surface area contributed by atoms with Crippen LogP contribution in [0, 0.1) is 0 Å². The summed E-state index contributed by atoms with van der Waals surface area (Å²) in [4.78, 5) is 10.6. The molecule has 0 saturated heterocycles. The molecule has 0 saturated carbocycles. The largest absolute Gasteiger partial charge is 0.383 e. The first-order chi connectivity index (χ1) is 5.18. The van der Waals surface area contributed by atoms with E-state index in [1.165, 1.54) is 6.92 Å². The van der Waals surface area contributed by atoms with Crippen molar-refractivity contribution in [1.29, 1.82) is 0 Å². The van der Waals surface area contributed by atoms with Crippen LogP contribution in [0.1, 0.15) is 13.8 Å². The highest BCUT2D eigenvalue weighted by atomic mass is 16.1. The lowest BCUT2D eigenvalue weighted by Crippen LogP contribution is -2.29. The number of allylic oxidation sites excluding steroid dienone is 3. The maximum Gasteiger partial charge on any atom is 0.221 e. The van der Waals surface area contributed by atoms with Gasteiger partial charge in [-0.1, -0.05) is 0 Å². The summed E-state index contributed by atoms with van der Waals surface area (Å²) in [5.74, 6) is -0.0222. The Morgan fingerprint density at radius 3 is 2.82 bits per heavy atom. The molecule has 0 spiro atoms. The van der Waals surface area contributed by atoms with Crippen molar-refractivity contribution in [2.45, 2.75) is 13.8 Å². The van der Waals surface area contributed by atoms with E-state index in [0.717, 1.165) is 11.4 Å². The van der Waals surface area contributed by atoms with Crippen molar-refractivity contribution in [3.8, 4) is 0 Å². The van der Waals surface area contributed by atoms with Gasteiger partial charge in [0.15, 0.2) is 0 Å². The third-order valence-corrected chi connectivity index (χ3v) is 1.43. The zero-order chi connectivity index (χ0) is 8.27. The Morgan fingerprint density at radius 2 is 2.36 bits per heavy atom. The van der Waals surface area contributed by atoms with Crippen LogP contribution in [0.5, 0.6) is 0 Å². The van der Waals surface area contributed by atoms with Crippen LogP contribution >= 0.6 is 0 Å². The molecule has 0 bridgehead atoms. The molecule has 0 fully saturated rings. The fourth-order valence-corrected chi connectivity index (χ4v) is 0.890. The first-order valence-corrected chi connectivity index (χ1v) is 3.57. The standard InChI is InChI=1S/C8H12N2O/c1-6-3-4-8(5-9-6)10-7(2)11/h3-4,9H,5H2,1-2H3,(H,10,11). The molecular formula is C8H12N2O. The van der Waals surface area contributed by atoms with Crippen LogP contribution in [0.15, 0.2) is 23.5 Å². The van der Waals surface area contributed by atoms with Gasteiger partial charge in [-0.3, -0.25) is 4.79 Å². The fraction of sp³-hybridized carbons (Fsp3) is 0.375. The first kappa shape index (κ1) is 7.85. The number of carbonyl (C=O) groups is 1. The van der Waals surface area contributed by atoms with E-state index < -0.39 is 0 Å². The van der Waals surface area contributed by atoms with E-state index >= 15 is 0 Å². The Balaban J connectivity index is 2.54. The van der Waals surface area contributed by atoms with Crippen LogP contribution in [0.3, 0.4) is 0 Å². The molecule has 11 heavy (non-hydrogen) atoms. The second-order valence-electron chi connectivity index (χ2n) is 2.58. The minimum Gasteiger partial charge on any atom is -0.383 e. The van der Waals surface area contributed by atoms with Gasteiger partial charge in [-0.15, -0.1) is 0 Å². The lowest BCUT2D eigenvalue weighted by atomic mass is 10.2. The molecule has 0 unspecified atom stereocenters. The van der Waals surface area contributed by atoms with Crippen molar-refractivity contribution in [2.75, 3.05) is 6.54 Å². The monoisotopic (exact) mass is 152 g/mol. The van der Waals surface area contributed by atoms with Crippen LogP contribution in [-0.2, 0) is 4.79 Å². The smallest absolute Gasteiger partial charge is 0.221 e. The third-order valence-electron chi connectivity index (χ3n) is 1.43. The summed E-state index contributed by atoms with van der Waals surface area (Å²) in [5.41, 5.74) is 2.04. The molecule has 1 aliphatic rings. The molecule has 0 aromatic heterocycles. The summed E-state index contributed by atoms with van der Waals surface area (Å²) in [6.07, 6.45) is 3.85. The summed E-state index contributed by atoms with van der Waals surface area (Å²) >= 11 is 0. The van der Waals surface area contributed by atoms with Gasteiger partial charge in [0, 0.05) is 18.3 Å². The van der Waals surface area contributed by atoms with Crippen molar-refractivity contribution in [1.82, 2.24) is 10.6 Å². The molecule has 1 aliphatic heterocycles. The first-order valence-electron chi connectivity index (χ1n) is 3.57. The van der Waals surface area contributed by atoms with Crippen molar-refractivity contribution in [3.63, 3.8) is 0 Å². The number of hydrogen-bond donors (Lipinski definition) is 2. The number of carbonyl (C=O) groups excluding carboxylic acids is 1. The highest BCUT2D eigenvalue weighted by molar-refractivity contribution is 5.75. The second kappa shape index (κ2) is 3.23. The van der Waals surface area contributed by atoms with E-state index in [2.05, 4.69) is 10.6 Å². The molecule has 3 heteroatoms. The molecule has 1 amide bonds. The molecule has 1 heterocycles. The van der Waals surface area contributed by atoms with Crippen molar-refractivity contribution in [3.05, 3.63) is 23.5 Å². The summed E-state index contributed by atoms with van der Waals surface area (Å²) in [6.45, 7) is 4.20. The Morgan fingerprint density at radius 1 is 1.64 bits per heavy atom. The van der Waals surface area contributed by atoms with E-state index in [1.807, 2.05) is 19.1 Å². The van der Waals surface area contributed by atoms with Gasteiger partial charge in [0.05, 0.1) is 6.54 Å². The normalized spacial score (nSPS) is 16.2. The van der Waals surface area contributed by atoms with Gasteiger partial charge in [0.25, 0.3) is 0 Å². The van der Waals surface area contributed by atoms with Crippen molar-refractivity contribution in [2.24, 2.45) is 0 Å². The zero-order valence-corrected chi connectivity index (χ0v) is 6.77. The molecule has 0 aromatic rings. The van der Waals surface area contributed by atoms with E-state index in [-0.39, 0.29) is 5.91 Å². The van der Waals surface area contributed by atoms with E-state index in [4.69, 9.17) is 0 Å². The van der Waals surface area contributed by atoms with Crippen LogP contribution in [0.4, 0.5) is 0 Å². The second-order valence-corrected chi connectivity index (χ2v) is 2.58. The average Bonchev–Trinajstić information content (AvgIpc) is 1.93. The van der Waals surface area contributed by atoms with Crippen LogP contribution in [-0.4, -0.2) is 12.5 Å². The molecule has 0 aliphatic carbocycles. The van der Waals surface area contributed by atoms with Crippen LogP contribution < -0.4 is 10.6 Å². The lowest BCUT2D eigenvalue weighted by molar-refractivity contribution is -0.118. The summed E-state index contributed by atoms with van der Waals surface area (Å²) in [5, 5.41) is 5.83. The molecule has 3 nitrogen and oxygen atoms in total. The quantitative estimate of drug-likeness (QED) is 0.575. The van der Waals surface area contributed by atoms with Gasteiger partial charge in [-0.25, -0.2) is 0 Å². The number of dihydropyridines is 1.